The van der Waals surface area contributed by atoms with Crippen molar-refractivity contribution in [2.24, 2.45) is 0 Å². The predicted molar refractivity (Wildman–Crippen MR) is 108 cm³/mol. The second-order valence-corrected chi connectivity index (χ2v) is 6.34. The van der Waals surface area contributed by atoms with Gasteiger partial charge in [-0.3, -0.25) is 0 Å². The molecule has 0 aliphatic heterocycles. The number of hydrogen-bond acceptors (Lipinski definition) is 10. The minimum Gasteiger partial charge on any atom is -0.390 e. The Morgan fingerprint density at radius 1 is 0.906 bits per heavy atom. The molecule has 0 aromatic carbocycles. The minimum absolute atomic E-state index is 0.0832. The van der Waals surface area contributed by atoms with Gasteiger partial charge in [-0.25, -0.2) is 13.6 Å². The van der Waals surface area contributed by atoms with E-state index < -0.39 is 11.6 Å². The molecule has 0 amide bonds. The zero-order chi connectivity index (χ0) is 22.9. The lowest BCUT2D eigenvalue weighted by Crippen LogP contribution is -2.14. The van der Waals surface area contributed by atoms with Gasteiger partial charge in [0.2, 0.25) is 0 Å². The summed E-state index contributed by atoms with van der Waals surface area (Å²) in [5.41, 5.74) is 0.696. The number of nitrogens with zero attached hydrogens (tertiary/aromatic N) is 6. The highest BCUT2D eigenvalue weighted by atomic mass is 19.1. The molecule has 0 aliphatic rings. The first-order chi connectivity index (χ1) is 15.7. The number of imidazole rings is 1. The predicted octanol–water partition coefficient (Wildman–Crippen LogP) is 0.636. The van der Waals surface area contributed by atoms with Crippen molar-refractivity contribution in [2.75, 3.05) is 66.1 Å². The smallest absolute Gasteiger partial charge is 0.390 e. The van der Waals surface area contributed by atoms with Gasteiger partial charge in [-0.2, -0.15) is 0 Å². The Labute approximate surface area is 184 Å². The summed E-state index contributed by atoms with van der Waals surface area (Å²) in [5.74, 6) is -0.200. The fraction of sp³-hybridized carbons (Fsp3) is 0.722. The maximum Gasteiger partial charge on any atom is 0.434 e. The molecule has 2 heterocycles. The molecule has 2 aromatic heterocycles. The third-order valence-electron chi connectivity index (χ3n) is 3.97. The van der Waals surface area contributed by atoms with Gasteiger partial charge in [0.15, 0.2) is 0 Å². The quantitative estimate of drug-likeness (QED) is 0.157. The summed E-state index contributed by atoms with van der Waals surface area (Å²) in [6, 6.07) is 0. The average Bonchev–Trinajstić information content (AvgIpc) is 3.44. The zero-order valence-corrected chi connectivity index (χ0v) is 17.8. The van der Waals surface area contributed by atoms with E-state index in [1.54, 1.807) is 10.9 Å². The van der Waals surface area contributed by atoms with E-state index in [1.165, 1.54) is 17.0 Å². The Hall–Kier alpha value is -2.52. The molecular weight excluding hydrogens is 431 g/mol. The highest BCUT2D eigenvalue weighted by molar-refractivity contribution is 5.06. The summed E-state index contributed by atoms with van der Waals surface area (Å²) in [6.07, 6.45) is 4.70. The van der Waals surface area contributed by atoms with Gasteiger partial charge in [0.05, 0.1) is 85.4 Å². The van der Waals surface area contributed by atoms with Crippen LogP contribution in [0.25, 0.3) is 0 Å². The summed E-state index contributed by atoms with van der Waals surface area (Å²) in [5, 5.41) is 18.7. The van der Waals surface area contributed by atoms with Gasteiger partial charge in [0, 0.05) is 0 Å². The first kappa shape index (κ1) is 25.7. The van der Waals surface area contributed by atoms with Crippen LogP contribution in [0, 0.1) is 10.1 Å². The summed E-state index contributed by atoms with van der Waals surface area (Å²) < 4.78 is 41.6. The van der Waals surface area contributed by atoms with Gasteiger partial charge in [-0.1, -0.05) is 10.2 Å². The molecule has 0 radical (unpaired) electrons. The van der Waals surface area contributed by atoms with E-state index >= 15 is 0 Å². The van der Waals surface area contributed by atoms with Gasteiger partial charge in [-0.15, -0.1) is 5.10 Å². The molecule has 0 saturated heterocycles. The maximum atomic E-state index is 11.9. The summed E-state index contributed by atoms with van der Waals surface area (Å²) >= 11 is 0. The Kier molecular flexibility index (Phi) is 13.0. The van der Waals surface area contributed by atoms with Gasteiger partial charge in [0.1, 0.15) is 24.8 Å². The molecule has 13 nitrogen and oxygen atoms in total. The van der Waals surface area contributed by atoms with Crippen molar-refractivity contribution in [1.29, 1.82) is 0 Å². The fourth-order valence-electron chi connectivity index (χ4n) is 2.48. The third-order valence-corrected chi connectivity index (χ3v) is 3.97. The monoisotopic (exact) mass is 460 g/mol. The van der Waals surface area contributed by atoms with E-state index in [4.69, 9.17) is 23.7 Å². The van der Waals surface area contributed by atoms with Crippen molar-refractivity contribution in [2.45, 2.75) is 19.7 Å². The molecule has 0 saturated carbocycles. The largest absolute Gasteiger partial charge is 0.434 e. The van der Waals surface area contributed by atoms with Crippen LogP contribution in [-0.4, -0.2) is 95.6 Å². The Bertz CT molecular complexity index is 760. The minimum atomic E-state index is -0.532. The first-order valence-electron chi connectivity index (χ1n) is 10.2. The molecule has 180 valence electrons. The highest BCUT2D eigenvalue weighted by Gasteiger charge is 2.13. The van der Waals surface area contributed by atoms with Crippen LogP contribution in [-0.2, 0) is 43.4 Å². The van der Waals surface area contributed by atoms with E-state index in [2.05, 4.69) is 15.3 Å². The van der Waals surface area contributed by atoms with Crippen LogP contribution in [0.4, 0.5) is 10.3 Å². The molecule has 0 bridgehead atoms. The second kappa shape index (κ2) is 16.2. The number of hydrogen-bond donors (Lipinski definition) is 0. The topological polar surface area (TPSA) is 138 Å². The molecule has 0 spiro atoms. The van der Waals surface area contributed by atoms with Gasteiger partial charge >= 0.3 is 5.95 Å². The van der Waals surface area contributed by atoms with E-state index in [9.17, 15) is 14.5 Å². The lowest BCUT2D eigenvalue weighted by atomic mass is 10.5. The Morgan fingerprint density at radius 2 is 1.53 bits per heavy atom. The number of halogens is 1. The summed E-state index contributed by atoms with van der Waals surface area (Å²) in [4.78, 5) is 13.9. The molecule has 0 aliphatic carbocycles. The van der Waals surface area contributed by atoms with Crippen LogP contribution in [0.15, 0.2) is 18.6 Å². The normalized spacial score (nSPS) is 11.3. The van der Waals surface area contributed by atoms with Crippen LogP contribution >= 0.6 is 0 Å². The van der Waals surface area contributed by atoms with Crippen LogP contribution in [0.2, 0.25) is 0 Å². The standard InChI is InChI=1S/C18H29FN6O7/c19-1-6-28-13-14-32-16-17-15-24(22-21-17)5-8-30-10-12-31-11-9-29-7-4-23-3-2-20-18(23)25(26)27/h2-3,15H,1,4-14,16H2. The van der Waals surface area contributed by atoms with Crippen LogP contribution in [0.3, 0.4) is 0 Å². The molecule has 2 rings (SSSR count). The van der Waals surface area contributed by atoms with Crippen molar-refractivity contribution in [3.05, 3.63) is 34.4 Å². The molecule has 0 unspecified atom stereocenters. The van der Waals surface area contributed by atoms with Crippen LogP contribution < -0.4 is 0 Å². The van der Waals surface area contributed by atoms with Crippen molar-refractivity contribution >= 4 is 5.95 Å². The van der Waals surface area contributed by atoms with E-state index in [0.717, 1.165) is 0 Å². The molecule has 2 aromatic rings. The summed E-state index contributed by atoms with van der Waals surface area (Å²) in [6.45, 7) is 3.95. The maximum absolute atomic E-state index is 11.9. The third kappa shape index (κ3) is 10.7. The number of alkyl halides is 1. The van der Waals surface area contributed by atoms with E-state index in [-0.39, 0.29) is 12.6 Å². The fourth-order valence-corrected chi connectivity index (χ4v) is 2.48. The number of nitro groups is 1. The van der Waals surface area contributed by atoms with Crippen molar-refractivity contribution < 1.29 is 33.0 Å². The lowest BCUT2D eigenvalue weighted by Gasteiger charge is -2.07. The molecule has 0 fully saturated rings. The number of aromatic nitrogens is 5. The zero-order valence-electron chi connectivity index (χ0n) is 17.8. The van der Waals surface area contributed by atoms with Gasteiger partial charge in [0.25, 0.3) is 0 Å². The number of ether oxygens (including phenoxy) is 5. The van der Waals surface area contributed by atoms with E-state index in [1.807, 2.05) is 0 Å². The Morgan fingerprint density at radius 3 is 2.22 bits per heavy atom. The average molecular weight is 460 g/mol. The summed E-state index contributed by atoms with van der Waals surface area (Å²) in [7, 11) is 0. The van der Waals surface area contributed by atoms with Crippen molar-refractivity contribution in [3.63, 3.8) is 0 Å². The van der Waals surface area contributed by atoms with E-state index in [0.29, 0.717) is 78.2 Å². The van der Waals surface area contributed by atoms with Gasteiger partial charge in [-0.05, 0) is 4.92 Å². The first-order valence-corrected chi connectivity index (χ1v) is 10.2. The van der Waals surface area contributed by atoms with Crippen LogP contribution in [0.1, 0.15) is 5.69 Å². The van der Waals surface area contributed by atoms with Gasteiger partial charge < -0.3 is 33.8 Å². The van der Waals surface area contributed by atoms with Crippen molar-refractivity contribution in [3.8, 4) is 0 Å². The lowest BCUT2D eigenvalue weighted by molar-refractivity contribution is -0.396. The Balaban J connectivity index is 1.38. The van der Waals surface area contributed by atoms with Crippen LogP contribution in [0.5, 0.6) is 0 Å². The molecular formula is C18H29FN6O7. The molecule has 0 atom stereocenters. The second-order valence-electron chi connectivity index (χ2n) is 6.34. The molecule has 14 heteroatoms. The molecule has 32 heavy (non-hydrogen) atoms. The highest BCUT2D eigenvalue weighted by Crippen LogP contribution is 2.06. The van der Waals surface area contributed by atoms with Crippen molar-refractivity contribution in [1.82, 2.24) is 24.5 Å². The number of rotatable bonds is 20. The molecule has 0 N–H and O–H groups in total. The SMILES string of the molecule is O=[N+]([O-])c1nccn1CCOCCOCCOCCn1cc(COCCOCCF)nn1.